The van der Waals surface area contributed by atoms with Crippen LogP contribution in [0, 0.1) is 0 Å². The minimum Gasteiger partial charge on any atom is -0.454 e. The van der Waals surface area contributed by atoms with Crippen LogP contribution in [-0.2, 0) is 23.8 Å². The predicted molar refractivity (Wildman–Crippen MR) is 310 cm³/mol. The maximum absolute atomic E-state index is 13.4. The van der Waals surface area contributed by atoms with E-state index < -0.39 is 67.4 Å². The van der Waals surface area contributed by atoms with Crippen molar-refractivity contribution < 1.29 is 49.3 Å². The second kappa shape index (κ2) is 51.6. The number of esters is 1. The van der Waals surface area contributed by atoms with E-state index in [0.717, 1.165) is 96.3 Å². The maximum atomic E-state index is 13.4. The molecule has 1 rings (SSSR count). The Bertz CT molecular complexity index is 1540. The Morgan fingerprint density at radius 1 is 0.520 bits per heavy atom. The summed E-state index contributed by atoms with van der Waals surface area (Å²) in [6.07, 6.45) is 56.4. The molecule has 0 aliphatic carbocycles. The van der Waals surface area contributed by atoms with Crippen molar-refractivity contribution in [3.63, 3.8) is 0 Å². The first kappa shape index (κ1) is 69.9. The summed E-state index contributed by atoms with van der Waals surface area (Å²) in [6, 6.07) is -1.04. The average molecular weight is 1050 g/mol. The number of unbranched alkanes of at least 4 members (excludes halogenated alkanes) is 24. The van der Waals surface area contributed by atoms with Gasteiger partial charge in [-0.25, -0.2) is 0 Å². The number of nitrogens with one attached hydrogen (secondary N) is 1. The van der Waals surface area contributed by atoms with Gasteiger partial charge < -0.3 is 45.1 Å². The molecule has 75 heavy (non-hydrogen) atoms. The van der Waals surface area contributed by atoms with E-state index in [1.807, 2.05) is 18.2 Å². The van der Waals surface area contributed by atoms with Crippen LogP contribution in [0.3, 0.4) is 0 Å². The second-order valence-electron chi connectivity index (χ2n) is 20.7. The molecule has 1 aliphatic heterocycles. The molecule has 8 atom stereocenters. The van der Waals surface area contributed by atoms with Crippen LogP contribution in [-0.4, -0.2) is 99.6 Å². The largest absolute Gasteiger partial charge is 0.454 e. The zero-order chi connectivity index (χ0) is 54.7. The van der Waals surface area contributed by atoms with Gasteiger partial charge in [-0.05, 0) is 89.9 Å². The highest BCUT2D eigenvalue weighted by Gasteiger charge is 2.47. The van der Waals surface area contributed by atoms with Crippen LogP contribution in [0.25, 0.3) is 0 Å². The summed E-state index contributed by atoms with van der Waals surface area (Å²) in [5, 5.41) is 56.8. The van der Waals surface area contributed by atoms with Crippen LogP contribution in [0.5, 0.6) is 0 Å². The van der Waals surface area contributed by atoms with Crippen LogP contribution < -0.4 is 5.32 Å². The molecule has 1 heterocycles. The molecule has 0 aromatic rings. The maximum Gasteiger partial charge on any atom is 0.306 e. The number of carbonyl (C=O) groups is 2. The second-order valence-corrected chi connectivity index (χ2v) is 20.7. The standard InChI is InChI=1S/C64H111NO10/c1-4-7-10-13-16-19-22-24-25-26-27-28-29-30-31-32-34-36-39-42-45-48-51-57(68)63(72)65-55(56(67)50-47-44-41-38-35-21-18-15-12-9-6-3)54-73-64-62(61(71)60(70)58(53-66)74-64)75-59(69)52-49-46-43-40-37-33-23-20-17-14-11-8-5-2/h16,19,24-25,27-28,30-31,33,37,43,46-47,50,55-58,60-62,64,66-68,70-71H,4-15,17-18,20-23,26,29,32,34-36,38-42,44-45,48-49,51-54H2,1-3H3,(H,65,72)/b19-16-,25-24-,28-27-,31-30-,37-33-,46-43+,50-47+. The fraction of sp³-hybridized carbons (Fsp3) is 0.750. The lowest BCUT2D eigenvalue weighted by Gasteiger charge is -2.41. The van der Waals surface area contributed by atoms with Gasteiger partial charge in [0, 0.05) is 6.42 Å². The van der Waals surface area contributed by atoms with E-state index in [-0.39, 0.29) is 19.4 Å². The normalized spacial score (nSPS) is 19.8. The van der Waals surface area contributed by atoms with Crippen molar-refractivity contribution in [2.24, 2.45) is 0 Å². The highest BCUT2D eigenvalue weighted by atomic mass is 16.7. The number of aliphatic hydroxyl groups is 5. The lowest BCUT2D eigenvalue weighted by molar-refractivity contribution is -0.305. The van der Waals surface area contributed by atoms with Crippen LogP contribution in [0.4, 0.5) is 0 Å². The third-order valence-corrected chi connectivity index (χ3v) is 13.8. The number of aliphatic hydroxyl groups excluding tert-OH is 5. The zero-order valence-electron chi connectivity index (χ0n) is 47.6. The molecule has 1 fully saturated rings. The van der Waals surface area contributed by atoms with Crippen LogP contribution >= 0.6 is 0 Å². The van der Waals surface area contributed by atoms with E-state index in [2.05, 4.69) is 86.8 Å². The molecule has 11 heteroatoms. The molecule has 0 saturated carbocycles. The van der Waals surface area contributed by atoms with Gasteiger partial charge in [-0.3, -0.25) is 9.59 Å². The van der Waals surface area contributed by atoms with Crippen molar-refractivity contribution in [3.05, 3.63) is 85.1 Å². The van der Waals surface area contributed by atoms with Gasteiger partial charge in [0.15, 0.2) is 12.4 Å². The summed E-state index contributed by atoms with van der Waals surface area (Å²) in [5.41, 5.74) is 0. The third kappa shape index (κ3) is 39.8. The molecule has 1 saturated heterocycles. The minimum atomic E-state index is -1.64. The van der Waals surface area contributed by atoms with Crippen molar-refractivity contribution >= 4 is 11.9 Å². The van der Waals surface area contributed by atoms with Crippen molar-refractivity contribution in [1.82, 2.24) is 5.32 Å². The van der Waals surface area contributed by atoms with Gasteiger partial charge in [0.2, 0.25) is 5.91 Å². The summed E-state index contributed by atoms with van der Waals surface area (Å²) < 4.78 is 17.5. The monoisotopic (exact) mass is 1050 g/mol. The summed E-state index contributed by atoms with van der Waals surface area (Å²) in [7, 11) is 0. The molecule has 6 N–H and O–H groups in total. The Hall–Kier alpha value is -3.16. The van der Waals surface area contributed by atoms with Crippen LogP contribution in [0.2, 0.25) is 0 Å². The van der Waals surface area contributed by atoms with E-state index >= 15 is 0 Å². The summed E-state index contributed by atoms with van der Waals surface area (Å²) in [6.45, 7) is 5.69. The Morgan fingerprint density at radius 2 is 0.920 bits per heavy atom. The summed E-state index contributed by atoms with van der Waals surface area (Å²) >= 11 is 0. The molecular weight excluding hydrogens is 943 g/mol. The first-order valence-electron chi connectivity index (χ1n) is 30.4. The molecule has 1 aliphatic rings. The highest BCUT2D eigenvalue weighted by molar-refractivity contribution is 5.80. The summed E-state index contributed by atoms with van der Waals surface area (Å²) in [4.78, 5) is 26.4. The fourth-order valence-electron chi connectivity index (χ4n) is 8.92. The Morgan fingerprint density at radius 3 is 1.40 bits per heavy atom. The van der Waals surface area contributed by atoms with E-state index in [9.17, 15) is 35.1 Å². The highest BCUT2D eigenvalue weighted by Crippen LogP contribution is 2.26. The van der Waals surface area contributed by atoms with E-state index in [1.165, 1.54) is 103 Å². The number of amides is 1. The topological polar surface area (TPSA) is 175 Å². The fourth-order valence-corrected chi connectivity index (χ4v) is 8.92. The van der Waals surface area contributed by atoms with Gasteiger partial charge in [-0.1, -0.05) is 234 Å². The SMILES string of the molecule is CCCCC/C=C\C/C=C\C/C=C\C/C=C\CCCCCCCCC(O)C(=O)NC(COC1OC(CO)C(O)C(O)C1OC(=O)CC/C=C/C/C=C\CCCCCCCC)C(O)/C=C/CCCCCCCCCCC. The molecule has 1 amide bonds. The molecule has 8 unspecified atom stereocenters. The quantitative estimate of drug-likeness (QED) is 0.0195. The van der Waals surface area contributed by atoms with Gasteiger partial charge >= 0.3 is 5.97 Å². The number of ether oxygens (including phenoxy) is 3. The van der Waals surface area contributed by atoms with Gasteiger partial charge in [0.25, 0.3) is 0 Å². The Balaban J connectivity index is 2.70. The van der Waals surface area contributed by atoms with E-state index in [0.29, 0.717) is 12.8 Å². The Kier molecular flexibility index (Phi) is 48.0. The van der Waals surface area contributed by atoms with Crippen LogP contribution in [0.1, 0.15) is 245 Å². The smallest absolute Gasteiger partial charge is 0.306 e. The van der Waals surface area contributed by atoms with Gasteiger partial charge in [-0.15, -0.1) is 0 Å². The zero-order valence-corrected chi connectivity index (χ0v) is 47.6. The number of hydrogen-bond acceptors (Lipinski definition) is 10. The van der Waals surface area contributed by atoms with Gasteiger partial charge in [-0.2, -0.15) is 0 Å². The van der Waals surface area contributed by atoms with Gasteiger partial charge in [0.1, 0.15) is 24.4 Å². The van der Waals surface area contributed by atoms with E-state index in [4.69, 9.17) is 14.2 Å². The molecule has 0 bridgehead atoms. The van der Waals surface area contributed by atoms with Crippen molar-refractivity contribution in [2.45, 2.75) is 294 Å². The van der Waals surface area contributed by atoms with Gasteiger partial charge in [0.05, 0.1) is 25.4 Å². The molecule has 11 nitrogen and oxygen atoms in total. The van der Waals surface area contributed by atoms with E-state index in [1.54, 1.807) is 6.08 Å². The molecular formula is C64H111NO10. The number of hydrogen-bond donors (Lipinski definition) is 6. The number of rotatable bonds is 50. The minimum absolute atomic E-state index is 0.0131. The number of carbonyl (C=O) groups excluding carboxylic acids is 2. The van der Waals surface area contributed by atoms with Crippen molar-refractivity contribution in [1.29, 1.82) is 0 Å². The molecule has 0 radical (unpaired) electrons. The lowest BCUT2D eigenvalue weighted by atomic mass is 9.99. The van der Waals surface area contributed by atoms with Crippen molar-refractivity contribution in [2.75, 3.05) is 13.2 Å². The predicted octanol–water partition coefficient (Wildman–Crippen LogP) is 14.2. The summed E-state index contributed by atoms with van der Waals surface area (Å²) in [5.74, 6) is -1.28. The Labute approximate surface area is 457 Å². The number of allylic oxidation sites excluding steroid dienone is 13. The molecule has 0 spiro atoms. The molecule has 0 aromatic heterocycles. The first-order valence-corrected chi connectivity index (χ1v) is 30.4. The lowest BCUT2D eigenvalue weighted by Crippen LogP contribution is -2.61. The average Bonchev–Trinajstić information content (AvgIpc) is 3.41. The molecule has 432 valence electrons. The van der Waals surface area contributed by atoms with Crippen molar-refractivity contribution in [3.8, 4) is 0 Å². The first-order chi connectivity index (χ1) is 36.7. The van der Waals surface area contributed by atoms with Crippen LogP contribution in [0.15, 0.2) is 85.1 Å². The molecule has 0 aromatic carbocycles. The third-order valence-electron chi connectivity index (χ3n) is 13.8.